The van der Waals surface area contributed by atoms with Crippen LogP contribution in [0.5, 0.6) is 11.5 Å². The number of nitrogens with zero attached hydrogens (tertiary/aromatic N) is 2. The molecule has 1 heterocycles. The molecule has 0 fully saturated rings. The number of ketones is 1. The molecule has 1 aliphatic rings. The van der Waals surface area contributed by atoms with Crippen LogP contribution < -0.4 is 15.5 Å². The number of allylic oxidation sites excluding steroid dienone is 1. The number of methoxy groups -OCH3 is 1. The lowest BCUT2D eigenvalue weighted by molar-refractivity contribution is -0.525. The molecule has 2 rings (SSSR count). The normalized spacial score (nSPS) is 17.2. The van der Waals surface area contributed by atoms with Gasteiger partial charge in [0.1, 0.15) is 6.04 Å². The van der Waals surface area contributed by atoms with E-state index in [0.717, 1.165) is 0 Å². The molecule has 1 aromatic rings. The van der Waals surface area contributed by atoms with Crippen LogP contribution in [0.3, 0.4) is 0 Å². The summed E-state index contributed by atoms with van der Waals surface area (Å²) in [6.07, 6.45) is 0. The van der Waals surface area contributed by atoms with E-state index in [9.17, 15) is 20.0 Å². The van der Waals surface area contributed by atoms with Gasteiger partial charge in [-0.05, 0) is 31.5 Å². The fourth-order valence-electron chi connectivity index (χ4n) is 2.38. The molecule has 0 aliphatic carbocycles. The average molecular weight is 320 g/mol. The Hall–Kier alpha value is -3.10. The molecule has 1 atom stereocenters. The zero-order valence-electron chi connectivity index (χ0n) is 12.8. The monoisotopic (exact) mass is 320 g/mol. The van der Waals surface area contributed by atoms with Gasteiger partial charge in [-0.3, -0.25) is 4.79 Å². The third-order valence-corrected chi connectivity index (χ3v) is 3.34. The number of aliphatic imine (C=N–C) groups is 1. The Balaban J connectivity index is 2.52. The van der Waals surface area contributed by atoms with E-state index < -0.39 is 11.1 Å². The molecular weight excluding hydrogens is 304 g/mol. The summed E-state index contributed by atoms with van der Waals surface area (Å²) >= 11 is 0. The fraction of sp³-hybridized carbons (Fsp3) is 0.286. The average Bonchev–Trinajstić information content (AvgIpc) is 2.45. The summed E-state index contributed by atoms with van der Waals surface area (Å²) in [5.41, 5.74) is 3.36. The number of ether oxygens (including phenoxy) is 1. The van der Waals surface area contributed by atoms with Crippen LogP contribution in [0, 0.1) is 10.1 Å². The smallest absolute Gasteiger partial charge is 0.259 e. The van der Waals surface area contributed by atoms with Gasteiger partial charge in [0.05, 0.1) is 7.11 Å². The van der Waals surface area contributed by atoms with E-state index in [1.54, 1.807) is 13.0 Å². The highest BCUT2D eigenvalue weighted by Crippen LogP contribution is 2.35. The van der Waals surface area contributed by atoms with Gasteiger partial charge in [-0.25, -0.2) is 15.1 Å². The van der Waals surface area contributed by atoms with Crippen LogP contribution in [0.25, 0.3) is 0 Å². The molecule has 0 unspecified atom stereocenters. The molecule has 0 aromatic heterocycles. The largest absolute Gasteiger partial charge is 0.504 e. The lowest BCUT2D eigenvalue weighted by Gasteiger charge is -2.24. The molecule has 1 aromatic carbocycles. The molecule has 3 N–H and O–H groups in total. The van der Waals surface area contributed by atoms with Crippen molar-refractivity contribution in [1.82, 2.24) is 10.7 Å². The van der Waals surface area contributed by atoms with E-state index in [4.69, 9.17) is 4.74 Å². The molecule has 0 radical (unpaired) electrons. The Labute approximate surface area is 131 Å². The van der Waals surface area contributed by atoms with Gasteiger partial charge in [0.15, 0.2) is 22.3 Å². The minimum atomic E-state index is -0.745. The van der Waals surface area contributed by atoms with Crippen LogP contribution in [0.15, 0.2) is 34.5 Å². The molecule has 0 bridgehead atoms. The molecule has 0 spiro atoms. The van der Waals surface area contributed by atoms with E-state index in [0.29, 0.717) is 16.8 Å². The highest BCUT2D eigenvalue weighted by atomic mass is 16.7. The summed E-state index contributed by atoms with van der Waals surface area (Å²) in [6.45, 7) is 3.03. The van der Waals surface area contributed by atoms with Gasteiger partial charge in [0, 0.05) is 11.3 Å². The standard InChI is InChI=1S/C14H16N4O5/c1-7-12(8(2)19)13(16-14(15-7)17-18(21)22)9-4-5-10(20)11(6-9)23-3/h4-6,13,20H,1-3H3,(H2,15,16,17)/t13-/m0/s1. The lowest BCUT2D eigenvalue weighted by atomic mass is 9.93. The lowest BCUT2D eigenvalue weighted by Crippen LogP contribution is -2.43. The first-order valence-corrected chi connectivity index (χ1v) is 6.68. The molecule has 1 aliphatic heterocycles. The number of phenolic OH excluding ortho intramolecular Hbond substituents is 1. The third kappa shape index (κ3) is 3.39. The fourth-order valence-corrected chi connectivity index (χ4v) is 2.38. The first kappa shape index (κ1) is 16.3. The van der Waals surface area contributed by atoms with E-state index in [2.05, 4.69) is 10.3 Å². The molecule has 9 heteroatoms. The summed E-state index contributed by atoms with van der Waals surface area (Å²) in [6, 6.07) is 3.79. The number of hydrazine groups is 1. The number of hydrogen-bond acceptors (Lipinski definition) is 7. The second kappa shape index (κ2) is 6.34. The van der Waals surface area contributed by atoms with Crippen LogP contribution in [0.1, 0.15) is 25.5 Å². The maximum Gasteiger partial charge on any atom is 0.259 e. The van der Waals surface area contributed by atoms with Crippen molar-refractivity contribution in [2.24, 2.45) is 4.99 Å². The maximum absolute atomic E-state index is 11.9. The number of hydrogen-bond donors (Lipinski definition) is 3. The Kier molecular flexibility index (Phi) is 4.49. The summed E-state index contributed by atoms with van der Waals surface area (Å²) < 4.78 is 5.05. The predicted octanol–water partition coefficient (Wildman–Crippen LogP) is 1.05. The Morgan fingerprint density at radius 3 is 2.78 bits per heavy atom. The van der Waals surface area contributed by atoms with Crippen LogP contribution in [-0.4, -0.2) is 29.0 Å². The number of phenols is 1. The molecular formula is C14H16N4O5. The first-order valence-electron chi connectivity index (χ1n) is 6.68. The van der Waals surface area contributed by atoms with E-state index >= 15 is 0 Å². The quantitative estimate of drug-likeness (QED) is 0.559. The molecule has 0 saturated carbocycles. The second-order valence-corrected chi connectivity index (χ2v) is 4.90. The van der Waals surface area contributed by atoms with Crippen LogP contribution in [-0.2, 0) is 4.79 Å². The third-order valence-electron chi connectivity index (χ3n) is 3.34. The number of rotatable bonds is 4. The summed E-state index contributed by atoms with van der Waals surface area (Å²) in [5, 5.41) is 22.2. The number of carbonyl (C=O) groups excluding carboxylic acids is 1. The number of nitrogens with one attached hydrogen (secondary N) is 2. The van der Waals surface area contributed by atoms with Crippen molar-refractivity contribution in [2.45, 2.75) is 19.9 Å². The van der Waals surface area contributed by atoms with Crippen molar-refractivity contribution in [3.63, 3.8) is 0 Å². The van der Waals surface area contributed by atoms with Gasteiger partial charge < -0.3 is 15.2 Å². The van der Waals surface area contributed by atoms with Gasteiger partial charge in [0.25, 0.3) is 5.96 Å². The van der Waals surface area contributed by atoms with Crippen molar-refractivity contribution in [3.8, 4) is 11.5 Å². The minimum absolute atomic E-state index is 0.0529. The van der Waals surface area contributed by atoms with Crippen LogP contribution >= 0.6 is 0 Å². The Morgan fingerprint density at radius 1 is 1.52 bits per heavy atom. The number of Topliss-reactive ketones (excluding diaryl/α,β-unsaturated/α-hetero) is 1. The molecule has 23 heavy (non-hydrogen) atoms. The second-order valence-electron chi connectivity index (χ2n) is 4.90. The first-order chi connectivity index (χ1) is 10.8. The van der Waals surface area contributed by atoms with Crippen LogP contribution in [0.2, 0.25) is 0 Å². The molecule has 122 valence electrons. The number of guanidine groups is 1. The van der Waals surface area contributed by atoms with Crippen molar-refractivity contribution in [2.75, 3.05) is 7.11 Å². The maximum atomic E-state index is 11.9. The van der Waals surface area contributed by atoms with E-state index in [1.807, 2.05) is 5.43 Å². The molecule has 0 amide bonds. The predicted molar refractivity (Wildman–Crippen MR) is 81.5 cm³/mol. The van der Waals surface area contributed by atoms with Crippen molar-refractivity contribution in [1.29, 1.82) is 0 Å². The van der Waals surface area contributed by atoms with Crippen molar-refractivity contribution in [3.05, 3.63) is 45.1 Å². The minimum Gasteiger partial charge on any atom is -0.504 e. The van der Waals surface area contributed by atoms with Gasteiger partial charge in [-0.15, -0.1) is 0 Å². The van der Waals surface area contributed by atoms with Crippen molar-refractivity contribution >= 4 is 11.7 Å². The summed E-state index contributed by atoms with van der Waals surface area (Å²) in [7, 11) is 1.40. The Bertz CT molecular complexity index is 726. The van der Waals surface area contributed by atoms with Gasteiger partial charge >= 0.3 is 0 Å². The number of carbonyl (C=O) groups is 1. The number of aromatic hydroxyl groups is 1. The Morgan fingerprint density at radius 2 is 2.22 bits per heavy atom. The van der Waals surface area contributed by atoms with Gasteiger partial charge in [0.2, 0.25) is 0 Å². The number of benzene rings is 1. The highest BCUT2D eigenvalue weighted by Gasteiger charge is 2.28. The highest BCUT2D eigenvalue weighted by molar-refractivity contribution is 5.98. The van der Waals surface area contributed by atoms with Gasteiger partial charge in [-0.2, -0.15) is 0 Å². The zero-order chi connectivity index (χ0) is 17.1. The van der Waals surface area contributed by atoms with Crippen molar-refractivity contribution < 1.29 is 19.7 Å². The topological polar surface area (TPSA) is 126 Å². The molecule has 0 saturated heterocycles. The number of nitro groups is 1. The SMILES string of the molecule is COc1cc([C@@H]2N=C(N[N+](=O)[O-])NC(C)=C2C(C)=O)ccc1O. The summed E-state index contributed by atoms with van der Waals surface area (Å²) in [4.78, 5) is 26.7. The van der Waals surface area contributed by atoms with Gasteiger partial charge in [-0.1, -0.05) is 11.5 Å². The van der Waals surface area contributed by atoms with Crippen LogP contribution in [0.4, 0.5) is 0 Å². The zero-order valence-corrected chi connectivity index (χ0v) is 12.8. The summed E-state index contributed by atoms with van der Waals surface area (Å²) in [5.74, 6) is -0.117. The molecule has 9 nitrogen and oxygen atoms in total. The van der Waals surface area contributed by atoms with E-state index in [-0.39, 0.29) is 23.2 Å². The van der Waals surface area contributed by atoms with E-state index in [1.165, 1.54) is 26.2 Å².